The summed E-state index contributed by atoms with van der Waals surface area (Å²) in [4.78, 5) is 22.4. The molecule has 9 heteroatoms. The summed E-state index contributed by atoms with van der Waals surface area (Å²) in [5, 5.41) is 8.47. The summed E-state index contributed by atoms with van der Waals surface area (Å²) in [5.74, 6) is 1.10. The van der Waals surface area contributed by atoms with Crippen LogP contribution in [0.15, 0.2) is 43.2 Å². The zero-order chi connectivity index (χ0) is 24.3. The Labute approximate surface area is 201 Å². The van der Waals surface area contributed by atoms with Crippen LogP contribution in [0, 0.1) is 0 Å². The lowest BCUT2D eigenvalue weighted by molar-refractivity contribution is -0.116. The number of aryl methyl sites for hydroxylation is 1. The van der Waals surface area contributed by atoms with Gasteiger partial charge in [0.15, 0.2) is 5.65 Å². The number of carbonyl (C=O) groups is 1. The monoisotopic (exact) mass is 465 g/mol. The predicted molar refractivity (Wildman–Crippen MR) is 136 cm³/mol. The van der Waals surface area contributed by atoms with E-state index in [9.17, 15) is 4.79 Å². The second-order valence-corrected chi connectivity index (χ2v) is 8.16. The van der Waals surface area contributed by atoms with Gasteiger partial charge < -0.3 is 20.7 Å². The van der Waals surface area contributed by atoms with E-state index < -0.39 is 0 Å². The van der Waals surface area contributed by atoms with E-state index in [1.807, 2.05) is 28.9 Å². The molecule has 0 bridgehead atoms. The zero-order valence-corrected chi connectivity index (χ0v) is 20.2. The van der Waals surface area contributed by atoms with Gasteiger partial charge in [-0.25, -0.2) is 14.6 Å². The number of nitrogens with two attached hydrogens (primary N) is 1. The molecule has 3 rings (SSSR count). The van der Waals surface area contributed by atoms with E-state index in [0.717, 1.165) is 79.9 Å². The van der Waals surface area contributed by atoms with Gasteiger partial charge in [-0.3, -0.25) is 4.79 Å². The van der Waals surface area contributed by atoms with Crippen molar-refractivity contribution in [3.8, 4) is 17.0 Å². The fourth-order valence-corrected chi connectivity index (χ4v) is 3.97. The third kappa shape index (κ3) is 6.54. The van der Waals surface area contributed by atoms with Crippen molar-refractivity contribution in [3.05, 3.63) is 43.2 Å². The van der Waals surface area contributed by atoms with Gasteiger partial charge in [0, 0.05) is 25.2 Å². The Morgan fingerprint density at radius 2 is 1.97 bits per heavy atom. The van der Waals surface area contributed by atoms with Gasteiger partial charge in [-0.05, 0) is 62.7 Å². The summed E-state index contributed by atoms with van der Waals surface area (Å²) < 4.78 is 7.20. The van der Waals surface area contributed by atoms with Crippen molar-refractivity contribution in [2.75, 3.05) is 39.0 Å². The van der Waals surface area contributed by atoms with Crippen molar-refractivity contribution < 1.29 is 9.53 Å². The Balaban J connectivity index is 1.59. The molecule has 0 saturated heterocycles. The minimum absolute atomic E-state index is 0.124. The third-order valence-corrected chi connectivity index (χ3v) is 5.72. The highest BCUT2D eigenvalue weighted by Crippen LogP contribution is 2.31. The van der Waals surface area contributed by atoms with Crippen LogP contribution in [0.25, 0.3) is 22.3 Å². The average molecular weight is 466 g/mol. The number of anilines is 1. The minimum atomic E-state index is -0.124. The lowest BCUT2D eigenvalue weighted by atomic mass is 10.1. The maximum Gasteiger partial charge on any atom is 0.243 e. The molecule has 34 heavy (non-hydrogen) atoms. The molecule has 0 fully saturated rings. The molecule has 0 spiro atoms. The first-order chi connectivity index (χ1) is 16.6. The van der Waals surface area contributed by atoms with E-state index >= 15 is 0 Å². The van der Waals surface area contributed by atoms with Crippen molar-refractivity contribution >= 4 is 22.8 Å². The first kappa shape index (κ1) is 25.2. The Morgan fingerprint density at radius 3 is 2.68 bits per heavy atom. The van der Waals surface area contributed by atoms with Gasteiger partial charge in [0.25, 0.3) is 0 Å². The van der Waals surface area contributed by atoms with Gasteiger partial charge >= 0.3 is 0 Å². The Bertz CT molecular complexity index is 1080. The lowest BCUT2D eigenvalue weighted by Gasteiger charge is -2.21. The molecule has 2 aromatic heterocycles. The molecule has 0 aliphatic carbocycles. The zero-order valence-electron chi connectivity index (χ0n) is 20.2. The van der Waals surface area contributed by atoms with Crippen LogP contribution in [-0.4, -0.2) is 63.8 Å². The molecule has 0 atom stereocenters. The molecule has 2 heterocycles. The number of hydrogen-bond acceptors (Lipinski definition) is 7. The SMILES string of the molecule is C=CC(=O)NCCN(CCC)CCCCCn1nc(-c2ccc(OC)cc2)c2c(N)ncnc21. The molecule has 1 amide bonds. The van der Waals surface area contributed by atoms with E-state index in [2.05, 4.69) is 33.7 Å². The molecule has 0 unspecified atom stereocenters. The Hall–Kier alpha value is -3.46. The van der Waals surface area contributed by atoms with Gasteiger partial charge in [-0.15, -0.1) is 0 Å². The summed E-state index contributed by atoms with van der Waals surface area (Å²) >= 11 is 0. The van der Waals surface area contributed by atoms with E-state index in [-0.39, 0.29) is 5.91 Å². The van der Waals surface area contributed by atoms with Crippen LogP contribution in [0.1, 0.15) is 32.6 Å². The quantitative estimate of drug-likeness (QED) is 0.278. The van der Waals surface area contributed by atoms with Crippen LogP contribution >= 0.6 is 0 Å². The van der Waals surface area contributed by atoms with E-state index in [4.69, 9.17) is 15.6 Å². The first-order valence-electron chi connectivity index (χ1n) is 11.8. The largest absolute Gasteiger partial charge is 0.497 e. The molecular weight excluding hydrogens is 430 g/mol. The van der Waals surface area contributed by atoms with Crippen LogP contribution in [-0.2, 0) is 11.3 Å². The fourth-order valence-electron chi connectivity index (χ4n) is 3.97. The van der Waals surface area contributed by atoms with Crippen LogP contribution in [0.2, 0.25) is 0 Å². The number of rotatable bonds is 14. The molecule has 0 saturated carbocycles. The van der Waals surface area contributed by atoms with Gasteiger partial charge in [-0.2, -0.15) is 5.10 Å². The van der Waals surface area contributed by atoms with Crippen molar-refractivity contribution in [1.82, 2.24) is 30.0 Å². The summed E-state index contributed by atoms with van der Waals surface area (Å²) in [6.45, 7) is 9.93. The van der Waals surface area contributed by atoms with E-state index in [1.165, 1.54) is 12.4 Å². The van der Waals surface area contributed by atoms with Crippen LogP contribution < -0.4 is 15.8 Å². The summed E-state index contributed by atoms with van der Waals surface area (Å²) in [5.41, 5.74) is 8.69. The number of nitrogen functional groups attached to an aromatic ring is 1. The number of ether oxygens (including phenoxy) is 1. The molecule has 1 aromatic carbocycles. The highest BCUT2D eigenvalue weighted by Gasteiger charge is 2.17. The maximum atomic E-state index is 11.3. The molecule has 0 aliphatic heterocycles. The number of methoxy groups -OCH3 is 1. The molecule has 182 valence electrons. The van der Waals surface area contributed by atoms with Crippen LogP contribution in [0.3, 0.4) is 0 Å². The number of nitrogens with zero attached hydrogens (tertiary/aromatic N) is 5. The van der Waals surface area contributed by atoms with E-state index in [1.54, 1.807) is 7.11 Å². The second-order valence-electron chi connectivity index (χ2n) is 8.16. The normalized spacial score (nSPS) is 11.1. The number of fused-ring (bicyclic) bond motifs is 1. The third-order valence-electron chi connectivity index (χ3n) is 5.72. The molecule has 3 aromatic rings. The first-order valence-corrected chi connectivity index (χ1v) is 11.8. The second kappa shape index (κ2) is 12.7. The lowest BCUT2D eigenvalue weighted by Crippen LogP contribution is -2.35. The van der Waals surface area contributed by atoms with Crippen molar-refractivity contribution in [1.29, 1.82) is 0 Å². The van der Waals surface area contributed by atoms with Crippen molar-refractivity contribution in [2.24, 2.45) is 0 Å². The number of carbonyl (C=O) groups excluding carboxylic acids is 1. The molecular formula is C25H35N7O2. The molecule has 0 aliphatic rings. The van der Waals surface area contributed by atoms with Gasteiger partial charge in [-0.1, -0.05) is 19.9 Å². The van der Waals surface area contributed by atoms with Crippen LogP contribution in [0.5, 0.6) is 5.75 Å². The highest BCUT2D eigenvalue weighted by molar-refractivity contribution is 5.98. The smallest absolute Gasteiger partial charge is 0.243 e. The average Bonchev–Trinajstić information content (AvgIpc) is 3.23. The van der Waals surface area contributed by atoms with Crippen molar-refractivity contribution in [3.63, 3.8) is 0 Å². The van der Waals surface area contributed by atoms with Gasteiger partial charge in [0.05, 0.1) is 12.5 Å². The topological polar surface area (TPSA) is 111 Å². The standard InChI is InChI=1S/C25H35N7O2/c1-4-14-31(17-13-27-21(33)5-2)15-7-6-8-16-32-25-22(24(26)28-18-29-25)23(30-32)19-9-11-20(34-3)12-10-19/h5,9-12,18H,2,4,6-8,13-17H2,1,3H3,(H,27,33)(H2,26,28,29). The maximum absolute atomic E-state index is 11.3. The number of unbranched alkanes of at least 4 members (excludes halogenated alkanes) is 2. The fraction of sp³-hybridized carbons (Fsp3) is 0.440. The summed E-state index contributed by atoms with van der Waals surface area (Å²) in [6, 6.07) is 7.75. The number of aromatic nitrogens is 4. The Morgan fingerprint density at radius 1 is 1.18 bits per heavy atom. The number of amides is 1. The predicted octanol–water partition coefficient (Wildman–Crippen LogP) is 3.27. The number of hydrogen-bond donors (Lipinski definition) is 2. The number of nitrogens with one attached hydrogen (secondary N) is 1. The summed E-state index contributed by atoms with van der Waals surface area (Å²) in [6.07, 6.45) is 7.01. The minimum Gasteiger partial charge on any atom is -0.497 e. The van der Waals surface area contributed by atoms with Crippen molar-refractivity contribution in [2.45, 2.75) is 39.2 Å². The highest BCUT2D eigenvalue weighted by atomic mass is 16.5. The summed E-state index contributed by atoms with van der Waals surface area (Å²) in [7, 11) is 1.65. The van der Waals surface area contributed by atoms with E-state index in [0.29, 0.717) is 12.4 Å². The molecule has 0 radical (unpaired) electrons. The number of benzene rings is 1. The Kier molecular flexibility index (Phi) is 9.40. The van der Waals surface area contributed by atoms with Gasteiger partial charge in [0.2, 0.25) is 5.91 Å². The van der Waals surface area contributed by atoms with Gasteiger partial charge in [0.1, 0.15) is 23.6 Å². The van der Waals surface area contributed by atoms with Crippen LogP contribution in [0.4, 0.5) is 5.82 Å². The molecule has 3 N–H and O–H groups in total. The molecule has 9 nitrogen and oxygen atoms in total.